The lowest BCUT2D eigenvalue weighted by Crippen LogP contribution is -2.13. The lowest BCUT2D eigenvalue weighted by molar-refractivity contribution is 0.152. The number of carbonyl (C=O) groups is 1. The molecular weight excluding hydrogens is 507 g/mol. The van der Waals surface area contributed by atoms with Gasteiger partial charge in [-0.1, -0.05) is 36.4 Å². The molecule has 0 atom stereocenters. The molecule has 4 aromatic rings. The van der Waals surface area contributed by atoms with E-state index in [1.165, 1.54) is 9.79 Å². The van der Waals surface area contributed by atoms with Gasteiger partial charge in [0.05, 0.1) is 10.9 Å². The van der Waals surface area contributed by atoms with E-state index in [1.807, 2.05) is 36.4 Å². The molecule has 0 heterocycles. The fraction of sp³-hybridized carbons (Fsp3) is 0. The van der Waals surface area contributed by atoms with Crippen LogP contribution in [0.3, 0.4) is 0 Å². The van der Waals surface area contributed by atoms with Gasteiger partial charge in [0.2, 0.25) is 0 Å². The van der Waals surface area contributed by atoms with E-state index in [4.69, 9.17) is 9.47 Å². The summed E-state index contributed by atoms with van der Waals surface area (Å²) in [5.41, 5.74) is 0. The third-order valence-electron chi connectivity index (χ3n) is 4.23. The summed E-state index contributed by atoms with van der Waals surface area (Å²) in [5.74, 6) is 0.894. The molecule has 0 amide bonds. The number of ether oxygens (including phenoxy) is 2. The van der Waals surface area contributed by atoms with Crippen LogP contribution in [0.15, 0.2) is 124 Å². The van der Waals surface area contributed by atoms with Crippen LogP contribution in [0.25, 0.3) is 0 Å². The number of hydrogen-bond acceptors (Lipinski definition) is 3. The monoisotopic (exact) mass is 525 g/mol. The van der Waals surface area contributed by atoms with Gasteiger partial charge in [-0.05, 0) is 95.4 Å². The number of rotatable bonds is 5. The van der Waals surface area contributed by atoms with E-state index in [9.17, 15) is 4.79 Å². The first-order valence-electron chi connectivity index (χ1n) is 9.29. The average Bonchev–Trinajstić information content (AvgIpc) is 2.78. The Morgan fingerprint density at radius 3 is 1.43 bits per heavy atom. The van der Waals surface area contributed by atoms with Crippen molar-refractivity contribution in [1.29, 1.82) is 0 Å². The molecule has 0 bridgehead atoms. The van der Waals surface area contributed by atoms with Gasteiger partial charge < -0.3 is 9.47 Å². The fourth-order valence-corrected chi connectivity index (χ4v) is 5.32. The molecule has 0 fully saturated rings. The molecule has 5 heteroatoms. The molecule has 0 aliphatic heterocycles. The predicted molar refractivity (Wildman–Crippen MR) is 127 cm³/mol. The summed E-state index contributed by atoms with van der Waals surface area (Å²) in [4.78, 5) is 15.7. The molecular formula is C25H18IO3S+. The van der Waals surface area contributed by atoms with E-state index in [0.29, 0.717) is 11.5 Å². The second-order valence-corrected chi connectivity index (χ2v) is 9.58. The van der Waals surface area contributed by atoms with Crippen LogP contribution in [0.4, 0.5) is 4.79 Å². The van der Waals surface area contributed by atoms with E-state index < -0.39 is 6.16 Å². The maximum absolute atomic E-state index is 12.1. The number of halogens is 1. The molecule has 4 rings (SSSR count). The Hall–Kier alpha value is -2.77. The zero-order chi connectivity index (χ0) is 20.8. The maximum atomic E-state index is 12.1. The summed E-state index contributed by atoms with van der Waals surface area (Å²) in [6.45, 7) is 0. The van der Waals surface area contributed by atoms with Crippen LogP contribution in [0.5, 0.6) is 11.5 Å². The Kier molecular flexibility index (Phi) is 6.71. The second-order valence-electron chi connectivity index (χ2n) is 6.31. The molecule has 0 aromatic heterocycles. The van der Waals surface area contributed by atoms with Crippen molar-refractivity contribution in [1.82, 2.24) is 0 Å². The van der Waals surface area contributed by atoms with Crippen LogP contribution in [-0.4, -0.2) is 6.16 Å². The van der Waals surface area contributed by atoms with Gasteiger partial charge in [0, 0.05) is 3.57 Å². The second kappa shape index (κ2) is 9.82. The number of hydrogen-bond donors (Lipinski definition) is 0. The molecule has 0 spiro atoms. The summed E-state index contributed by atoms with van der Waals surface area (Å²) in [5, 5.41) is 0. The highest BCUT2D eigenvalue weighted by Crippen LogP contribution is 2.32. The van der Waals surface area contributed by atoms with Gasteiger partial charge in [0.25, 0.3) is 0 Å². The van der Waals surface area contributed by atoms with Gasteiger partial charge in [-0.25, -0.2) is 4.79 Å². The summed E-state index contributed by atoms with van der Waals surface area (Å²) < 4.78 is 11.6. The molecule has 0 aliphatic carbocycles. The average molecular weight is 525 g/mol. The van der Waals surface area contributed by atoms with Gasteiger partial charge in [-0.3, -0.25) is 0 Å². The molecule has 0 radical (unpaired) electrons. The summed E-state index contributed by atoms with van der Waals surface area (Å²) in [6, 6.07) is 35.6. The van der Waals surface area contributed by atoms with Crippen LogP contribution in [0.2, 0.25) is 0 Å². The fourth-order valence-electron chi connectivity index (χ4n) is 2.88. The van der Waals surface area contributed by atoms with Crippen molar-refractivity contribution in [3.63, 3.8) is 0 Å². The zero-order valence-electron chi connectivity index (χ0n) is 15.9. The van der Waals surface area contributed by atoms with Crippen molar-refractivity contribution in [2.24, 2.45) is 0 Å². The van der Waals surface area contributed by atoms with E-state index in [2.05, 4.69) is 71.1 Å². The molecule has 148 valence electrons. The summed E-state index contributed by atoms with van der Waals surface area (Å²) >= 11 is 2.19. The van der Waals surface area contributed by atoms with Gasteiger partial charge in [-0.2, -0.15) is 0 Å². The van der Waals surface area contributed by atoms with Crippen LogP contribution >= 0.6 is 22.6 Å². The lowest BCUT2D eigenvalue weighted by atomic mass is 10.3. The largest absolute Gasteiger partial charge is 0.519 e. The van der Waals surface area contributed by atoms with Crippen molar-refractivity contribution >= 4 is 39.6 Å². The minimum atomic E-state index is -0.755. The van der Waals surface area contributed by atoms with Crippen LogP contribution in [-0.2, 0) is 10.9 Å². The quantitative estimate of drug-likeness (QED) is 0.122. The molecule has 0 unspecified atom stereocenters. The van der Waals surface area contributed by atoms with Crippen molar-refractivity contribution in [3.05, 3.63) is 113 Å². The van der Waals surface area contributed by atoms with E-state index in [0.717, 1.165) is 8.47 Å². The predicted octanol–water partition coefficient (Wildman–Crippen LogP) is 6.96. The molecule has 0 saturated carbocycles. The molecule has 0 saturated heterocycles. The number of carbonyl (C=O) groups excluding carboxylic acids is 1. The van der Waals surface area contributed by atoms with Crippen molar-refractivity contribution < 1.29 is 14.3 Å². The zero-order valence-corrected chi connectivity index (χ0v) is 18.9. The highest BCUT2D eigenvalue weighted by molar-refractivity contribution is 14.1. The van der Waals surface area contributed by atoms with Crippen molar-refractivity contribution in [2.75, 3.05) is 0 Å². The van der Waals surface area contributed by atoms with Crippen LogP contribution in [0.1, 0.15) is 0 Å². The maximum Gasteiger partial charge on any atom is 0.519 e. The Bertz CT molecular complexity index is 1060. The number of benzene rings is 4. The summed E-state index contributed by atoms with van der Waals surface area (Å²) in [6.07, 6.45) is -0.755. The van der Waals surface area contributed by atoms with Gasteiger partial charge in [-0.15, -0.1) is 0 Å². The smallest absolute Gasteiger partial charge is 0.395 e. The lowest BCUT2D eigenvalue weighted by Gasteiger charge is -2.09. The topological polar surface area (TPSA) is 35.5 Å². The van der Waals surface area contributed by atoms with E-state index in [1.54, 1.807) is 24.3 Å². The van der Waals surface area contributed by atoms with Gasteiger partial charge in [0.1, 0.15) is 11.5 Å². The molecule has 0 N–H and O–H groups in total. The van der Waals surface area contributed by atoms with Gasteiger partial charge in [0.15, 0.2) is 14.7 Å². The minimum Gasteiger partial charge on any atom is -0.395 e. The Morgan fingerprint density at radius 1 is 0.567 bits per heavy atom. The van der Waals surface area contributed by atoms with Crippen LogP contribution < -0.4 is 9.47 Å². The summed E-state index contributed by atoms with van der Waals surface area (Å²) in [7, 11) is -0.242. The Balaban J connectivity index is 1.52. The molecule has 30 heavy (non-hydrogen) atoms. The molecule has 4 aromatic carbocycles. The van der Waals surface area contributed by atoms with Crippen molar-refractivity contribution in [3.8, 4) is 11.5 Å². The SMILES string of the molecule is O=C(Oc1ccc(I)cc1)Oc1ccc([S+](c2ccccc2)c2ccccc2)cc1. The normalized spacial score (nSPS) is 10.6. The first-order chi connectivity index (χ1) is 14.7. The third kappa shape index (κ3) is 5.23. The van der Waals surface area contributed by atoms with Crippen molar-refractivity contribution in [2.45, 2.75) is 14.7 Å². The highest BCUT2D eigenvalue weighted by atomic mass is 127. The third-order valence-corrected chi connectivity index (χ3v) is 7.18. The first-order valence-corrected chi connectivity index (χ1v) is 11.6. The van der Waals surface area contributed by atoms with E-state index >= 15 is 0 Å². The minimum absolute atomic E-state index is 0.242. The van der Waals surface area contributed by atoms with Gasteiger partial charge >= 0.3 is 6.16 Å². The Labute approximate surface area is 192 Å². The standard InChI is InChI=1S/C25H18IO3S/c26-19-11-13-20(14-12-19)28-25(27)29-21-15-17-24(18-16-21)30(22-7-3-1-4-8-22)23-9-5-2-6-10-23/h1-18H/q+1. The highest BCUT2D eigenvalue weighted by Gasteiger charge is 2.28. The Morgan fingerprint density at radius 2 is 0.967 bits per heavy atom. The first kappa shape index (κ1) is 20.5. The van der Waals surface area contributed by atoms with Crippen LogP contribution in [0, 0.1) is 3.57 Å². The van der Waals surface area contributed by atoms with E-state index in [-0.39, 0.29) is 10.9 Å². The molecule has 0 aliphatic rings. The molecule has 3 nitrogen and oxygen atoms in total.